The van der Waals surface area contributed by atoms with Crippen LogP contribution in [0.5, 0.6) is 0 Å². The zero-order chi connectivity index (χ0) is 32.5. The first-order valence-electron chi connectivity index (χ1n) is 16.6. The Morgan fingerprint density at radius 3 is 2.12 bits per heavy atom. The van der Waals surface area contributed by atoms with Gasteiger partial charge in [0.25, 0.3) is 0 Å². The molecule has 2 aromatic heterocycles. The number of benzene rings is 7. The number of rotatable bonds is 3. The standard InChI is InChI=1S/C45H29N3O/c46-26-29-14-20-43-40(22-29)37-10-4-6-12-42(37)48(43)35-18-19-36-33(23-35)28-47(34-8-2-1-3-9-34)27-32-16-15-30(24-39(32)36)31-17-21-45-41(25-31)38-11-5-7-13-44(38)49-45/h1-25H,27-28H2. The zero-order valence-corrected chi connectivity index (χ0v) is 26.6. The molecule has 7 aromatic carbocycles. The fourth-order valence-electron chi connectivity index (χ4n) is 7.77. The molecule has 0 saturated carbocycles. The van der Waals surface area contributed by atoms with Crippen LogP contribution in [0.15, 0.2) is 156 Å². The Hall–Kier alpha value is -6.57. The van der Waals surface area contributed by atoms with Gasteiger partial charge in [0.05, 0.1) is 22.7 Å². The van der Waals surface area contributed by atoms with E-state index in [4.69, 9.17) is 4.42 Å². The average molecular weight is 628 g/mol. The second-order valence-corrected chi connectivity index (χ2v) is 12.9. The summed E-state index contributed by atoms with van der Waals surface area (Å²) in [6.45, 7) is 1.58. The highest BCUT2D eigenvalue weighted by Crippen LogP contribution is 2.41. The largest absolute Gasteiger partial charge is 0.456 e. The molecule has 0 bridgehead atoms. The predicted molar refractivity (Wildman–Crippen MR) is 200 cm³/mol. The molecule has 0 N–H and O–H groups in total. The van der Waals surface area contributed by atoms with E-state index in [1.54, 1.807) is 0 Å². The maximum Gasteiger partial charge on any atom is 0.135 e. The fraction of sp³-hybridized carbons (Fsp3) is 0.0444. The van der Waals surface area contributed by atoms with Crippen molar-refractivity contribution >= 4 is 49.4 Å². The molecule has 9 aromatic rings. The molecule has 0 radical (unpaired) electrons. The van der Waals surface area contributed by atoms with E-state index >= 15 is 0 Å². The number of para-hydroxylation sites is 3. The van der Waals surface area contributed by atoms with Crippen molar-refractivity contribution in [1.29, 1.82) is 5.26 Å². The van der Waals surface area contributed by atoms with Crippen molar-refractivity contribution < 1.29 is 4.42 Å². The summed E-state index contributed by atoms with van der Waals surface area (Å²) in [5.74, 6) is 0. The van der Waals surface area contributed by atoms with Gasteiger partial charge >= 0.3 is 0 Å². The van der Waals surface area contributed by atoms with Gasteiger partial charge in [-0.1, -0.05) is 78.9 Å². The van der Waals surface area contributed by atoms with Crippen LogP contribution in [-0.2, 0) is 13.1 Å². The van der Waals surface area contributed by atoms with Crippen LogP contribution in [0.2, 0.25) is 0 Å². The predicted octanol–water partition coefficient (Wildman–Crippen LogP) is 11.4. The smallest absolute Gasteiger partial charge is 0.135 e. The van der Waals surface area contributed by atoms with Gasteiger partial charge in [-0.15, -0.1) is 0 Å². The summed E-state index contributed by atoms with van der Waals surface area (Å²) in [5.41, 5.74) is 14.5. The topological polar surface area (TPSA) is 45.1 Å². The van der Waals surface area contributed by atoms with Crippen molar-refractivity contribution in [3.8, 4) is 34.0 Å². The third-order valence-electron chi connectivity index (χ3n) is 10.1. The van der Waals surface area contributed by atoms with E-state index in [-0.39, 0.29) is 0 Å². The second-order valence-electron chi connectivity index (χ2n) is 12.9. The number of hydrogen-bond donors (Lipinski definition) is 0. The van der Waals surface area contributed by atoms with Crippen molar-refractivity contribution in [1.82, 2.24) is 4.57 Å². The Kier molecular flexibility index (Phi) is 6.03. The van der Waals surface area contributed by atoms with Gasteiger partial charge in [-0.05, 0) is 106 Å². The molecule has 0 amide bonds. The van der Waals surface area contributed by atoms with Crippen LogP contribution in [0.3, 0.4) is 0 Å². The first-order chi connectivity index (χ1) is 24.2. The molecular formula is C45H29N3O. The quantitative estimate of drug-likeness (QED) is 0.196. The van der Waals surface area contributed by atoms with Gasteiger partial charge in [0, 0.05) is 46.0 Å². The Morgan fingerprint density at radius 1 is 0.490 bits per heavy atom. The van der Waals surface area contributed by atoms with E-state index in [2.05, 4.69) is 143 Å². The van der Waals surface area contributed by atoms with Gasteiger partial charge in [0.2, 0.25) is 0 Å². The molecule has 0 saturated heterocycles. The lowest BCUT2D eigenvalue weighted by molar-refractivity contribution is 0.669. The van der Waals surface area contributed by atoms with E-state index in [1.165, 1.54) is 39.1 Å². The lowest BCUT2D eigenvalue weighted by Gasteiger charge is -2.24. The van der Waals surface area contributed by atoms with Crippen LogP contribution in [-0.4, -0.2) is 4.57 Å². The van der Waals surface area contributed by atoms with Gasteiger partial charge in [-0.2, -0.15) is 5.26 Å². The average Bonchev–Trinajstić information content (AvgIpc) is 3.64. The van der Waals surface area contributed by atoms with E-state index in [0.717, 1.165) is 62.5 Å². The number of hydrogen-bond acceptors (Lipinski definition) is 3. The minimum atomic E-state index is 0.670. The lowest BCUT2D eigenvalue weighted by atomic mass is 9.92. The molecule has 0 aliphatic carbocycles. The molecule has 3 heterocycles. The number of nitrogens with zero attached hydrogens (tertiary/aromatic N) is 3. The molecule has 0 fully saturated rings. The Morgan fingerprint density at radius 2 is 1.22 bits per heavy atom. The summed E-state index contributed by atoms with van der Waals surface area (Å²) in [5, 5.41) is 14.2. The minimum absolute atomic E-state index is 0.670. The summed E-state index contributed by atoms with van der Waals surface area (Å²) in [6.07, 6.45) is 0. The van der Waals surface area contributed by atoms with Crippen LogP contribution in [0.1, 0.15) is 16.7 Å². The maximum absolute atomic E-state index is 9.66. The second kappa shape index (κ2) is 10.7. The molecule has 0 unspecified atom stereocenters. The number of nitriles is 1. The first kappa shape index (κ1) is 27.5. The molecule has 1 aliphatic heterocycles. The number of furan rings is 1. The Labute approximate surface area is 283 Å². The summed E-state index contributed by atoms with van der Waals surface area (Å²) >= 11 is 0. The molecular weight excluding hydrogens is 599 g/mol. The monoisotopic (exact) mass is 627 g/mol. The van der Waals surface area contributed by atoms with Crippen LogP contribution in [0, 0.1) is 11.3 Å². The summed E-state index contributed by atoms with van der Waals surface area (Å²) < 4.78 is 8.47. The van der Waals surface area contributed by atoms with E-state index in [9.17, 15) is 5.26 Å². The number of anilines is 1. The van der Waals surface area contributed by atoms with E-state index in [1.807, 2.05) is 24.3 Å². The molecule has 0 spiro atoms. The Balaban J connectivity index is 1.16. The molecule has 49 heavy (non-hydrogen) atoms. The molecule has 230 valence electrons. The van der Waals surface area contributed by atoms with Crippen LogP contribution >= 0.6 is 0 Å². The van der Waals surface area contributed by atoms with Crippen molar-refractivity contribution in [2.45, 2.75) is 13.1 Å². The third-order valence-corrected chi connectivity index (χ3v) is 10.1. The van der Waals surface area contributed by atoms with Crippen LogP contribution < -0.4 is 4.90 Å². The first-order valence-corrected chi connectivity index (χ1v) is 16.6. The van der Waals surface area contributed by atoms with E-state index in [0.29, 0.717) is 5.56 Å². The summed E-state index contributed by atoms with van der Waals surface area (Å²) in [7, 11) is 0. The minimum Gasteiger partial charge on any atom is -0.456 e. The fourth-order valence-corrected chi connectivity index (χ4v) is 7.77. The molecule has 4 nitrogen and oxygen atoms in total. The van der Waals surface area contributed by atoms with Gasteiger partial charge < -0.3 is 13.9 Å². The van der Waals surface area contributed by atoms with Crippen molar-refractivity contribution in [3.05, 3.63) is 168 Å². The molecule has 1 aliphatic rings. The van der Waals surface area contributed by atoms with Crippen molar-refractivity contribution in [2.24, 2.45) is 0 Å². The highest BCUT2D eigenvalue weighted by atomic mass is 16.3. The SMILES string of the molecule is N#Cc1ccc2c(c1)c1ccccc1n2-c1ccc2c(c1)CN(c1ccccc1)Cc1ccc(-c3ccc4oc5ccccc5c4c3)cc1-2. The van der Waals surface area contributed by atoms with E-state index < -0.39 is 0 Å². The number of aromatic nitrogens is 1. The maximum atomic E-state index is 9.66. The van der Waals surface area contributed by atoms with Crippen molar-refractivity contribution in [3.63, 3.8) is 0 Å². The molecule has 10 rings (SSSR count). The van der Waals surface area contributed by atoms with Crippen LogP contribution in [0.4, 0.5) is 5.69 Å². The molecule has 4 heteroatoms. The van der Waals surface area contributed by atoms with Gasteiger partial charge in [-0.3, -0.25) is 0 Å². The highest BCUT2D eigenvalue weighted by Gasteiger charge is 2.22. The van der Waals surface area contributed by atoms with Gasteiger partial charge in [-0.25, -0.2) is 0 Å². The van der Waals surface area contributed by atoms with Crippen LogP contribution in [0.25, 0.3) is 71.7 Å². The lowest BCUT2D eigenvalue weighted by Crippen LogP contribution is -2.20. The van der Waals surface area contributed by atoms with Gasteiger partial charge in [0.1, 0.15) is 11.2 Å². The summed E-state index contributed by atoms with van der Waals surface area (Å²) in [6, 6.07) is 56.2. The number of fused-ring (bicyclic) bond motifs is 9. The summed E-state index contributed by atoms with van der Waals surface area (Å²) in [4.78, 5) is 2.48. The Bertz CT molecular complexity index is 2800. The molecule has 0 atom stereocenters. The van der Waals surface area contributed by atoms with Gasteiger partial charge in [0.15, 0.2) is 0 Å². The van der Waals surface area contributed by atoms with Crippen molar-refractivity contribution in [2.75, 3.05) is 4.90 Å². The normalized spacial score (nSPS) is 12.7. The zero-order valence-electron chi connectivity index (χ0n) is 26.6. The third kappa shape index (κ3) is 4.37. The highest BCUT2D eigenvalue weighted by molar-refractivity contribution is 6.10.